The molecule has 2 nitrogen and oxygen atoms in total. The van der Waals surface area contributed by atoms with E-state index in [1.165, 1.54) is 11.4 Å². The third-order valence-corrected chi connectivity index (χ3v) is 17.0. The Morgan fingerprint density at radius 2 is 1.69 bits per heavy atom. The largest absolute Gasteiger partial charge is 0.357 e. The van der Waals surface area contributed by atoms with Crippen LogP contribution in [-0.2, 0) is 28.1 Å². The normalized spacial score (nSPS) is 19.0. The molecule has 0 bridgehead atoms. The molecule has 0 aromatic heterocycles. The summed E-state index contributed by atoms with van der Waals surface area (Å²) in [5.41, 5.74) is -3.72. The molecule has 0 amide bonds. The second kappa shape index (κ2) is 9.22. The molecule has 0 saturated carbocycles. The van der Waals surface area contributed by atoms with E-state index in [-0.39, 0.29) is 0 Å². The number of thioether (sulfide) groups is 1. The molecule has 0 aliphatic rings. The zero-order valence-electron chi connectivity index (χ0n) is 9.62. The maximum atomic E-state index is 9.71. The van der Waals surface area contributed by atoms with Gasteiger partial charge in [-0.1, -0.05) is 60.2 Å². The third kappa shape index (κ3) is 8.39. The number of hydrogen-bond acceptors (Lipinski definition) is 6. The van der Waals surface area contributed by atoms with Crippen LogP contribution >= 0.6 is 45.5 Å². The highest BCUT2D eigenvalue weighted by Crippen LogP contribution is 2.61. The molecule has 0 aliphatic heterocycles. The first-order chi connectivity index (χ1) is 7.39. The minimum Gasteiger partial charge on any atom is -0.357 e. The second-order valence-electron chi connectivity index (χ2n) is 2.76. The van der Waals surface area contributed by atoms with Gasteiger partial charge in [0.25, 0.3) is 0 Å². The fraction of sp³-hybridized carbons (Fsp3) is 1.00. The highest BCUT2D eigenvalue weighted by Gasteiger charge is 2.14. The molecule has 0 heterocycles. The Morgan fingerprint density at radius 3 is 2.12 bits per heavy atom. The molecule has 0 aromatic rings. The van der Waals surface area contributed by atoms with Crippen molar-refractivity contribution in [2.75, 3.05) is 29.6 Å². The molecule has 1 N–H and O–H groups in total. The Morgan fingerprint density at radius 1 is 1.12 bits per heavy atom. The Hall–Kier alpha value is 2.27. The molecule has 0 saturated heterocycles. The van der Waals surface area contributed by atoms with E-state index in [0.29, 0.717) is 6.16 Å². The van der Waals surface area contributed by atoms with Crippen LogP contribution in [0.3, 0.4) is 0 Å². The zero-order valence-corrected chi connectivity index (χ0v) is 15.5. The van der Waals surface area contributed by atoms with Crippen LogP contribution in [0.4, 0.5) is 0 Å². The maximum Gasteiger partial charge on any atom is 0.119 e. The molecular weight excluding hydrogens is 338 g/mol. The van der Waals surface area contributed by atoms with Crippen molar-refractivity contribution in [3.05, 3.63) is 0 Å². The van der Waals surface area contributed by atoms with Crippen molar-refractivity contribution in [1.82, 2.24) is 0 Å². The van der Waals surface area contributed by atoms with Crippen LogP contribution in [0.25, 0.3) is 0 Å². The minimum atomic E-state index is -2.10. The average molecular weight is 357 g/mol. The lowest BCUT2D eigenvalue weighted by molar-refractivity contribution is 0.471. The summed E-state index contributed by atoms with van der Waals surface area (Å²) in [6.07, 6.45) is 1.62. The van der Waals surface area contributed by atoms with Gasteiger partial charge in [-0.3, -0.25) is 0 Å². The van der Waals surface area contributed by atoms with Crippen LogP contribution in [0.5, 0.6) is 0 Å². The summed E-state index contributed by atoms with van der Waals surface area (Å²) < 4.78 is 5.36. The van der Waals surface area contributed by atoms with Gasteiger partial charge in [-0.25, -0.2) is 0 Å². The second-order valence-corrected chi connectivity index (χ2v) is 19.8. The maximum absolute atomic E-state index is 9.71. The molecule has 2 unspecified atom stereocenters. The van der Waals surface area contributed by atoms with E-state index in [9.17, 15) is 4.89 Å². The SMILES string of the molecule is CCP(O)(=S)SCSCSP(=S)(CC)OC. The van der Waals surface area contributed by atoms with Crippen LogP contribution in [0.1, 0.15) is 13.8 Å². The van der Waals surface area contributed by atoms with E-state index in [0.717, 1.165) is 16.3 Å². The quantitative estimate of drug-likeness (QED) is 0.372. The minimum absolute atomic E-state index is 0.700. The summed E-state index contributed by atoms with van der Waals surface area (Å²) in [5.74, 6) is 0. The van der Waals surface area contributed by atoms with E-state index in [1.807, 2.05) is 6.92 Å². The van der Waals surface area contributed by atoms with Gasteiger partial charge in [0.05, 0.1) is 0 Å². The van der Waals surface area contributed by atoms with Crippen molar-refractivity contribution in [3.63, 3.8) is 0 Å². The van der Waals surface area contributed by atoms with Crippen molar-refractivity contribution in [2.24, 2.45) is 0 Å². The van der Waals surface area contributed by atoms with E-state index < -0.39 is 10.9 Å². The van der Waals surface area contributed by atoms with Crippen molar-refractivity contribution in [1.29, 1.82) is 0 Å². The van der Waals surface area contributed by atoms with Gasteiger partial charge in [-0.05, 0) is 0 Å². The monoisotopic (exact) mass is 356 g/mol. The standard InChI is InChI=1S/C7H18O2P2S5/c1-4-10(8,12)15-6-14-7-16-11(13,5-2)9-3/h4-7H2,1-3H3,(H,8,12). The first-order valence-electron chi connectivity index (χ1n) is 4.72. The molecule has 9 heteroatoms. The van der Waals surface area contributed by atoms with E-state index >= 15 is 0 Å². The van der Waals surface area contributed by atoms with Gasteiger partial charge in [-0.15, -0.1) is 11.8 Å². The van der Waals surface area contributed by atoms with E-state index in [4.69, 9.17) is 28.1 Å². The lowest BCUT2D eigenvalue weighted by Gasteiger charge is -2.17. The van der Waals surface area contributed by atoms with Crippen molar-refractivity contribution in [2.45, 2.75) is 13.8 Å². The molecule has 16 heavy (non-hydrogen) atoms. The summed E-state index contributed by atoms with van der Waals surface area (Å²) in [5, 5.41) is 1.77. The molecule has 98 valence electrons. The van der Waals surface area contributed by atoms with Crippen LogP contribution in [0.15, 0.2) is 0 Å². The molecule has 0 aromatic carbocycles. The summed E-state index contributed by atoms with van der Waals surface area (Å²) in [6, 6.07) is 0. The Labute approximate surface area is 121 Å². The molecule has 2 atom stereocenters. The number of rotatable bonds is 9. The highest BCUT2D eigenvalue weighted by molar-refractivity contribution is 8.72. The third-order valence-electron chi connectivity index (χ3n) is 1.74. The highest BCUT2D eigenvalue weighted by atomic mass is 32.9. The van der Waals surface area contributed by atoms with Gasteiger partial charge in [-0.2, -0.15) is 0 Å². The fourth-order valence-electron chi connectivity index (χ4n) is 0.636. The van der Waals surface area contributed by atoms with E-state index in [1.54, 1.807) is 30.3 Å². The first kappa shape index (κ1) is 18.3. The van der Waals surface area contributed by atoms with Crippen molar-refractivity contribution < 1.29 is 9.42 Å². The molecule has 0 rings (SSSR count). The van der Waals surface area contributed by atoms with Gasteiger partial charge >= 0.3 is 0 Å². The molecule has 0 aliphatic carbocycles. The Balaban J connectivity index is 3.69. The van der Waals surface area contributed by atoms with Crippen molar-refractivity contribution in [3.8, 4) is 0 Å². The first-order valence-corrected chi connectivity index (χ1v) is 14.9. The van der Waals surface area contributed by atoms with Crippen LogP contribution in [-0.4, -0.2) is 34.5 Å². The predicted molar refractivity (Wildman–Crippen MR) is 91.4 cm³/mol. The van der Waals surface area contributed by atoms with Gasteiger partial charge < -0.3 is 9.42 Å². The summed E-state index contributed by atoms with van der Waals surface area (Å²) >= 11 is 15.5. The lowest BCUT2D eigenvalue weighted by Crippen LogP contribution is -1.84. The smallest absolute Gasteiger partial charge is 0.119 e. The van der Waals surface area contributed by atoms with Gasteiger partial charge in [0, 0.05) is 29.6 Å². The molecule has 0 fully saturated rings. The summed E-state index contributed by atoms with van der Waals surface area (Å²) in [6.45, 7) is 4.01. The fourth-order valence-corrected chi connectivity index (χ4v) is 12.2. The van der Waals surface area contributed by atoms with Crippen LogP contribution < -0.4 is 0 Å². The predicted octanol–water partition coefficient (Wildman–Crippen LogP) is 4.40. The number of hydrogen-bond donors (Lipinski definition) is 1. The Bertz CT molecular complexity index is 278. The molecule has 0 radical (unpaired) electrons. The summed E-state index contributed by atoms with van der Waals surface area (Å²) in [7, 11) is 1.70. The zero-order chi connectivity index (χ0) is 12.7. The van der Waals surface area contributed by atoms with Crippen LogP contribution in [0.2, 0.25) is 0 Å². The van der Waals surface area contributed by atoms with Gasteiger partial charge in [0.2, 0.25) is 0 Å². The van der Waals surface area contributed by atoms with E-state index in [2.05, 4.69) is 6.92 Å². The molecule has 0 spiro atoms. The molecular formula is C7H18O2P2S5. The topological polar surface area (TPSA) is 29.5 Å². The summed E-state index contributed by atoms with van der Waals surface area (Å²) in [4.78, 5) is 9.71. The average Bonchev–Trinajstić information content (AvgIpc) is 2.28. The van der Waals surface area contributed by atoms with Crippen molar-refractivity contribution >= 4 is 69.1 Å². The van der Waals surface area contributed by atoms with Crippen LogP contribution in [0, 0.1) is 0 Å². The van der Waals surface area contributed by atoms with Gasteiger partial charge in [0.15, 0.2) is 0 Å². The van der Waals surface area contributed by atoms with Gasteiger partial charge in [0.1, 0.15) is 10.9 Å². The lowest BCUT2D eigenvalue weighted by atomic mass is 11.0. The Kier molecular flexibility index (Phi) is 10.5.